The lowest BCUT2D eigenvalue weighted by Crippen LogP contribution is -1.91. The van der Waals surface area contributed by atoms with E-state index < -0.39 is 0 Å². The Labute approximate surface area is 94.9 Å². The molecule has 0 aliphatic carbocycles. The molecule has 0 bridgehead atoms. The largest absolute Gasteiger partial charge is 0.104 e. The fourth-order valence-corrected chi connectivity index (χ4v) is 1.70. The van der Waals surface area contributed by atoms with E-state index in [9.17, 15) is 0 Å². The molecule has 0 heterocycles. The lowest BCUT2D eigenvalue weighted by atomic mass is 9.98. The summed E-state index contributed by atoms with van der Waals surface area (Å²) in [6.45, 7) is 4.29. The van der Waals surface area contributed by atoms with Crippen molar-refractivity contribution in [1.29, 1.82) is 0 Å². The molecule has 0 aromatic heterocycles. The highest BCUT2D eigenvalue weighted by molar-refractivity contribution is 9.10. The molecule has 1 aromatic carbocycles. The van der Waals surface area contributed by atoms with E-state index >= 15 is 0 Å². The monoisotopic (exact) mass is 250 g/mol. The van der Waals surface area contributed by atoms with Crippen LogP contribution in [-0.4, -0.2) is 0 Å². The molecule has 0 nitrogen and oxygen atoms in total. The van der Waals surface area contributed by atoms with Gasteiger partial charge in [-0.25, -0.2) is 0 Å². The van der Waals surface area contributed by atoms with E-state index in [1.54, 1.807) is 0 Å². The van der Waals surface area contributed by atoms with Crippen molar-refractivity contribution in [2.75, 3.05) is 0 Å². The van der Waals surface area contributed by atoms with Crippen molar-refractivity contribution in [2.45, 2.75) is 32.6 Å². The minimum absolute atomic E-state index is 0.520. The van der Waals surface area contributed by atoms with Crippen molar-refractivity contribution in [2.24, 2.45) is 0 Å². The molecule has 0 N–H and O–H groups in total. The lowest BCUT2D eigenvalue weighted by Gasteiger charge is -2.07. The van der Waals surface area contributed by atoms with Crippen molar-refractivity contribution in [3.63, 3.8) is 0 Å². The number of hydrogen-bond acceptors (Lipinski definition) is 0. The van der Waals surface area contributed by atoms with E-state index in [1.807, 2.05) is 6.07 Å². The minimum atomic E-state index is 0.520. The van der Waals surface area contributed by atoms with Crippen molar-refractivity contribution in [3.8, 4) is 11.8 Å². The lowest BCUT2D eigenvalue weighted by molar-refractivity contribution is 0.794. The Balaban J connectivity index is 2.64. The van der Waals surface area contributed by atoms with Gasteiger partial charge in [0.15, 0.2) is 0 Å². The maximum Gasteiger partial charge on any atom is 0.0178 e. The first-order chi connectivity index (χ1) is 6.74. The molecule has 1 heteroatoms. The molecular formula is C13H15Br. The molecule has 1 atom stereocenters. The average molecular weight is 251 g/mol. The molecule has 74 valence electrons. The minimum Gasteiger partial charge on any atom is -0.104 e. The summed E-state index contributed by atoms with van der Waals surface area (Å²) < 4.78 is 1.14. The molecule has 0 aliphatic heterocycles. The van der Waals surface area contributed by atoms with Crippen molar-refractivity contribution >= 4 is 15.9 Å². The Kier molecular flexibility index (Phi) is 4.76. The Morgan fingerprint density at radius 2 is 2.14 bits per heavy atom. The molecule has 0 fully saturated rings. The van der Waals surface area contributed by atoms with Crippen LogP contribution in [0.4, 0.5) is 0 Å². The summed E-state index contributed by atoms with van der Waals surface area (Å²) >= 11 is 3.48. The SMILES string of the molecule is CCC#CCC(C)c1cccc(Br)c1. The summed E-state index contributed by atoms with van der Waals surface area (Å²) in [7, 11) is 0. The first-order valence-corrected chi connectivity index (χ1v) is 5.74. The predicted molar refractivity (Wildman–Crippen MR) is 65.2 cm³/mol. The third-order valence-corrected chi connectivity index (χ3v) is 2.62. The number of benzene rings is 1. The first-order valence-electron chi connectivity index (χ1n) is 4.95. The van der Waals surface area contributed by atoms with Gasteiger partial charge in [-0.2, -0.15) is 0 Å². The molecule has 0 aliphatic rings. The maximum atomic E-state index is 3.48. The van der Waals surface area contributed by atoms with Gasteiger partial charge in [-0.1, -0.05) is 41.9 Å². The first kappa shape index (κ1) is 11.3. The van der Waals surface area contributed by atoms with Gasteiger partial charge in [-0.3, -0.25) is 0 Å². The standard InChI is InChI=1S/C13H15Br/c1-3-4-5-7-11(2)12-8-6-9-13(14)10-12/h6,8-11H,3,7H2,1-2H3. The zero-order valence-corrected chi connectivity index (χ0v) is 10.3. The van der Waals surface area contributed by atoms with Crippen LogP contribution in [0.15, 0.2) is 28.7 Å². The van der Waals surface area contributed by atoms with E-state index in [1.165, 1.54) is 5.56 Å². The van der Waals surface area contributed by atoms with Gasteiger partial charge >= 0.3 is 0 Å². The van der Waals surface area contributed by atoms with Gasteiger partial charge in [0.2, 0.25) is 0 Å². The Hall–Kier alpha value is -0.740. The highest BCUT2D eigenvalue weighted by Gasteiger charge is 2.03. The molecule has 0 saturated carbocycles. The maximum absolute atomic E-state index is 3.48. The van der Waals surface area contributed by atoms with Crippen LogP contribution >= 0.6 is 15.9 Å². The zero-order chi connectivity index (χ0) is 10.4. The molecule has 0 saturated heterocycles. The fourth-order valence-electron chi connectivity index (χ4n) is 1.28. The van der Waals surface area contributed by atoms with Gasteiger partial charge in [0, 0.05) is 17.3 Å². The molecule has 14 heavy (non-hydrogen) atoms. The molecular weight excluding hydrogens is 236 g/mol. The molecule has 0 radical (unpaired) electrons. The molecule has 1 rings (SSSR count). The van der Waals surface area contributed by atoms with Gasteiger partial charge in [-0.15, -0.1) is 11.8 Å². The van der Waals surface area contributed by atoms with E-state index in [0.29, 0.717) is 5.92 Å². The van der Waals surface area contributed by atoms with Crippen molar-refractivity contribution in [3.05, 3.63) is 34.3 Å². The van der Waals surface area contributed by atoms with Crippen LogP contribution < -0.4 is 0 Å². The third-order valence-electron chi connectivity index (χ3n) is 2.13. The van der Waals surface area contributed by atoms with E-state index in [-0.39, 0.29) is 0 Å². The summed E-state index contributed by atoms with van der Waals surface area (Å²) in [5.41, 5.74) is 1.35. The van der Waals surface area contributed by atoms with E-state index in [2.05, 4.69) is 59.8 Å². The van der Waals surface area contributed by atoms with Crippen LogP contribution in [0, 0.1) is 11.8 Å². The fraction of sp³-hybridized carbons (Fsp3) is 0.385. The molecule has 1 aromatic rings. The normalized spacial score (nSPS) is 11.6. The molecule has 0 spiro atoms. The second kappa shape index (κ2) is 5.88. The van der Waals surface area contributed by atoms with Crippen molar-refractivity contribution < 1.29 is 0 Å². The third kappa shape index (κ3) is 3.55. The zero-order valence-electron chi connectivity index (χ0n) is 8.68. The van der Waals surface area contributed by atoms with E-state index in [0.717, 1.165) is 17.3 Å². The highest BCUT2D eigenvalue weighted by Crippen LogP contribution is 2.21. The molecule has 0 amide bonds. The van der Waals surface area contributed by atoms with E-state index in [4.69, 9.17) is 0 Å². The van der Waals surface area contributed by atoms with Crippen LogP contribution in [0.25, 0.3) is 0 Å². The number of rotatable bonds is 2. The second-order valence-corrected chi connectivity index (χ2v) is 4.28. The topological polar surface area (TPSA) is 0 Å². The van der Waals surface area contributed by atoms with Crippen molar-refractivity contribution in [1.82, 2.24) is 0 Å². The number of halogens is 1. The van der Waals surface area contributed by atoms with Gasteiger partial charge < -0.3 is 0 Å². The van der Waals surface area contributed by atoms with Crippen LogP contribution in [0.3, 0.4) is 0 Å². The van der Waals surface area contributed by atoms with Gasteiger partial charge in [0.25, 0.3) is 0 Å². The highest BCUT2D eigenvalue weighted by atomic mass is 79.9. The van der Waals surface area contributed by atoms with Crippen LogP contribution in [0.1, 0.15) is 38.2 Å². The summed E-state index contributed by atoms with van der Waals surface area (Å²) in [6.07, 6.45) is 1.90. The van der Waals surface area contributed by atoms with Gasteiger partial charge in [0.05, 0.1) is 0 Å². The Morgan fingerprint density at radius 3 is 2.79 bits per heavy atom. The summed E-state index contributed by atoms with van der Waals surface area (Å²) in [6, 6.07) is 8.44. The Morgan fingerprint density at radius 1 is 1.36 bits per heavy atom. The number of hydrogen-bond donors (Lipinski definition) is 0. The smallest absolute Gasteiger partial charge is 0.0178 e. The van der Waals surface area contributed by atoms with Crippen LogP contribution in [0.5, 0.6) is 0 Å². The Bertz CT molecular complexity index is 344. The second-order valence-electron chi connectivity index (χ2n) is 3.37. The average Bonchev–Trinajstić information content (AvgIpc) is 2.18. The summed E-state index contributed by atoms with van der Waals surface area (Å²) in [5, 5.41) is 0. The predicted octanol–water partition coefficient (Wildman–Crippen LogP) is 4.36. The van der Waals surface area contributed by atoms with Gasteiger partial charge in [0.1, 0.15) is 0 Å². The quantitative estimate of drug-likeness (QED) is 0.685. The summed E-state index contributed by atoms with van der Waals surface area (Å²) in [4.78, 5) is 0. The summed E-state index contributed by atoms with van der Waals surface area (Å²) in [5.74, 6) is 6.81. The van der Waals surface area contributed by atoms with Crippen LogP contribution in [0.2, 0.25) is 0 Å². The van der Waals surface area contributed by atoms with Gasteiger partial charge in [-0.05, 0) is 23.6 Å². The van der Waals surface area contributed by atoms with Crippen LogP contribution in [-0.2, 0) is 0 Å². The molecule has 1 unspecified atom stereocenters.